The SMILES string of the molecule is CCC(Nc1c(C(=O)O)cnc2ccccc12)C(C)C. The van der Waals surface area contributed by atoms with Crippen molar-refractivity contribution in [3.63, 3.8) is 0 Å². The van der Waals surface area contributed by atoms with Gasteiger partial charge < -0.3 is 10.4 Å². The van der Waals surface area contributed by atoms with E-state index in [4.69, 9.17) is 0 Å². The summed E-state index contributed by atoms with van der Waals surface area (Å²) in [4.78, 5) is 15.6. The maximum atomic E-state index is 11.4. The minimum absolute atomic E-state index is 0.225. The van der Waals surface area contributed by atoms with Crippen LogP contribution in [0.5, 0.6) is 0 Å². The van der Waals surface area contributed by atoms with Crippen LogP contribution in [0.2, 0.25) is 0 Å². The third kappa shape index (κ3) is 2.74. The highest BCUT2D eigenvalue weighted by atomic mass is 16.4. The topological polar surface area (TPSA) is 62.2 Å². The summed E-state index contributed by atoms with van der Waals surface area (Å²) in [7, 11) is 0. The van der Waals surface area contributed by atoms with E-state index >= 15 is 0 Å². The molecule has 1 unspecified atom stereocenters. The van der Waals surface area contributed by atoms with Crippen LogP contribution in [0.3, 0.4) is 0 Å². The molecule has 2 aromatic rings. The molecule has 0 fully saturated rings. The zero-order valence-corrected chi connectivity index (χ0v) is 12.1. The van der Waals surface area contributed by atoms with Crippen molar-refractivity contribution in [2.45, 2.75) is 33.2 Å². The zero-order valence-electron chi connectivity index (χ0n) is 12.1. The van der Waals surface area contributed by atoms with Gasteiger partial charge in [-0.25, -0.2) is 4.79 Å². The summed E-state index contributed by atoms with van der Waals surface area (Å²) in [5.74, 6) is -0.530. The van der Waals surface area contributed by atoms with Gasteiger partial charge in [0, 0.05) is 17.6 Å². The number of aromatic carboxylic acids is 1. The lowest BCUT2D eigenvalue weighted by Gasteiger charge is -2.24. The Labute approximate surface area is 118 Å². The number of carboxylic acids is 1. The molecular weight excluding hydrogens is 252 g/mol. The first-order valence-corrected chi connectivity index (χ1v) is 6.92. The van der Waals surface area contributed by atoms with Crippen molar-refractivity contribution in [2.75, 3.05) is 5.32 Å². The second-order valence-electron chi connectivity index (χ2n) is 5.27. The largest absolute Gasteiger partial charge is 0.478 e. The highest BCUT2D eigenvalue weighted by Crippen LogP contribution is 2.28. The normalized spacial score (nSPS) is 12.6. The van der Waals surface area contributed by atoms with E-state index in [1.165, 1.54) is 6.20 Å². The number of anilines is 1. The molecule has 0 saturated carbocycles. The van der Waals surface area contributed by atoms with Crippen molar-refractivity contribution >= 4 is 22.6 Å². The van der Waals surface area contributed by atoms with Crippen molar-refractivity contribution in [3.8, 4) is 0 Å². The fourth-order valence-corrected chi connectivity index (χ4v) is 2.38. The Bertz CT molecular complexity index is 623. The monoisotopic (exact) mass is 272 g/mol. The number of nitrogens with one attached hydrogen (secondary N) is 1. The molecule has 0 amide bonds. The van der Waals surface area contributed by atoms with Gasteiger partial charge in [0.2, 0.25) is 0 Å². The summed E-state index contributed by atoms with van der Waals surface area (Å²) >= 11 is 0. The van der Waals surface area contributed by atoms with E-state index in [2.05, 4.69) is 31.1 Å². The molecule has 2 N–H and O–H groups in total. The maximum absolute atomic E-state index is 11.4. The number of hydrogen-bond acceptors (Lipinski definition) is 3. The highest BCUT2D eigenvalue weighted by Gasteiger charge is 2.18. The van der Waals surface area contributed by atoms with Gasteiger partial charge in [0.15, 0.2) is 0 Å². The van der Waals surface area contributed by atoms with Crippen LogP contribution in [0.4, 0.5) is 5.69 Å². The van der Waals surface area contributed by atoms with Crippen LogP contribution in [-0.2, 0) is 0 Å². The molecule has 1 aromatic carbocycles. The molecule has 0 bridgehead atoms. The number of para-hydroxylation sites is 1. The number of aromatic nitrogens is 1. The van der Waals surface area contributed by atoms with Gasteiger partial charge >= 0.3 is 5.97 Å². The molecule has 0 saturated heterocycles. The zero-order chi connectivity index (χ0) is 14.7. The number of benzene rings is 1. The predicted molar refractivity (Wildman–Crippen MR) is 81.2 cm³/mol. The fourth-order valence-electron chi connectivity index (χ4n) is 2.38. The molecule has 1 heterocycles. The molecule has 0 radical (unpaired) electrons. The maximum Gasteiger partial charge on any atom is 0.339 e. The van der Waals surface area contributed by atoms with Crippen LogP contribution in [0.15, 0.2) is 30.5 Å². The van der Waals surface area contributed by atoms with Gasteiger partial charge in [-0.15, -0.1) is 0 Å². The van der Waals surface area contributed by atoms with Crippen LogP contribution in [-0.4, -0.2) is 22.1 Å². The Kier molecular flexibility index (Phi) is 4.23. The summed E-state index contributed by atoms with van der Waals surface area (Å²) in [6.45, 7) is 6.36. The summed E-state index contributed by atoms with van der Waals surface area (Å²) in [6, 6.07) is 7.84. The van der Waals surface area contributed by atoms with Crippen molar-refractivity contribution in [1.82, 2.24) is 4.98 Å². The molecule has 0 spiro atoms. The lowest BCUT2D eigenvalue weighted by molar-refractivity contribution is 0.0697. The number of carbonyl (C=O) groups is 1. The molecule has 2 rings (SSSR count). The van der Waals surface area contributed by atoms with E-state index in [0.717, 1.165) is 17.3 Å². The summed E-state index contributed by atoms with van der Waals surface area (Å²) in [6.07, 6.45) is 2.37. The number of rotatable bonds is 5. The molecule has 0 aliphatic heterocycles. The lowest BCUT2D eigenvalue weighted by Crippen LogP contribution is -2.26. The molecule has 0 aliphatic rings. The van der Waals surface area contributed by atoms with Crippen molar-refractivity contribution in [2.24, 2.45) is 5.92 Å². The Balaban J connectivity index is 2.57. The molecule has 106 valence electrons. The third-order valence-corrected chi connectivity index (χ3v) is 3.58. The second-order valence-corrected chi connectivity index (χ2v) is 5.27. The van der Waals surface area contributed by atoms with E-state index in [1.807, 2.05) is 24.3 Å². The quantitative estimate of drug-likeness (QED) is 0.869. The Morgan fingerprint density at radius 3 is 2.65 bits per heavy atom. The van der Waals surface area contributed by atoms with Gasteiger partial charge in [0.05, 0.1) is 11.2 Å². The Hall–Kier alpha value is -2.10. The molecule has 0 aliphatic carbocycles. The van der Waals surface area contributed by atoms with Gasteiger partial charge in [-0.3, -0.25) is 4.98 Å². The van der Waals surface area contributed by atoms with E-state index in [9.17, 15) is 9.90 Å². The smallest absolute Gasteiger partial charge is 0.339 e. The minimum Gasteiger partial charge on any atom is -0.478 e. The first-order valence-electron chi connectivity index (χ1n) is 6.92. The van der Waals surface area contributed by atoms with Crippen LogP contribution < -0.4 is 5.32 Å². The number of hydrogen-bond donors (Lipinski definition) is 2. The van der Waals surface area contributed by atoms with E-state index in [0.29, 0.717) is 11.6 Å². The first-order chi connectivity index (χ1) is 9.54. The lowest BCUT2D eigenvalue weighted by atomic mass is 10.00. The predicted octanol–water partition coefficient (Wildman–Crippen LogP) is 3.78. The van der Waals surface area contributed by atoms with Gasteiger partial charge in [-0.2, -0.15) is 0 Å². The van der Waals surface area contributed by atoms with E-state index < -0.39 is 5.97 Å². The molecule has 20 heavy (non-hydrogen) atoms. The van der Waals surface area contributed by atoms with E-state index in [-0.39, 0.29) is 11.6 Å². The van der Waals surface area contributed by atoms with Crippen LogP contribution in [0, 0.1) is 5.92 Å². The fraction of sp³-hybridized carbons (Fsp3) is 0.375. The summed E-state index contributed by atoms with van der Waals surface area (Å²) in [5, 5.41) is 13.6. The first kappa shape index (κ1) is 14.3. The standard InChI is InChI=1S/C16H20N2O2/c1-4-13(10(2)3)18-15-11-7-5-6-8-14(11)17-9-12(15)16(19)20/h5-10,13H,4H2,1-3H3,(H,17,18)(H,19,20). The number of fused-ring (bicyclic) bond motifs is 1. The number of carboxylic acid groups (broad SMARTS) is 1. The van der Waals surface area contributed by atoms with Gasteiger partial charge in [-0.1, -0.05) is 39.0 Å². The summed E-state index contributed by atoms with van der Waals surface area (Å²) in [5.41, 5.74) is 1.70. The van der Waals surface area contributed by atoms with Gasteiger partial charge in [0.1, 0.15) is 5.56 Å². The molecular formula is C16H20N2O2. The van der Waals surface area contributed by atoms with Gasteiger partial charge in [0.25, 0.3) is 0 Å². The van der Waals surface area contributed by atoms with Crippen LogP contribution in [0.25, 0.3) is 10.9 Å². The average Bonchev–Trinajstić information content (AvgIpc) is 2.43. The Morgan fingerprint density at radius 1 is 1.35 bits per heavy atom. The molecule has 1 aromatic heterocycles. The Morgan fingerprint density at radius 2 is 2.05 bits per heavy atom. The van der Waals surface area contributed by atoms with Crippen molar-refractivity contribution in [1.29, 1.82) is 0 Å². The second kappa shape index (κ2) is 5.90. The molecule has 1 atom stereocenters. The van der Waals surface area contributed by atoms with Crippen LogP contribution in [0.1, 0.15) is 37.6 Å². The number of pyridine rings is 1. The van der Waals surface area contributed by atoms with Crippen molar-refractivity contribution < 1.29 is 9.90 Å². The highest BCUT2D eigenvalue weighted by molar-refractivity contribution is 6.04. The number of nitrogens with zero attached hydrogens (tertiary/aromatic N) is 1. The molecule has 4 heteroatoms. The van der Waals surface area contributed by atoms with Gasteiger partial charge in [-0.05, 0) is 18.4 Å². The van der Waals surface area contributed by atoms with Crippen LogP contribution >= 0.6 is 0 Å². The average molecular weight is 272 g/mol. The third-order valence-electron chi connectivity index (χ3n) is 3.58. The minimum atomic E-state index is -0.954. The van der Waals surface area contributed by atoms with E-state index in [1.54, 1.807) is 0 Å². The van der Waals surface area contributed by atoms with Crippen molar-refractivity contribution in [3.05, 3.63) is 36.0 Å². The molecule has 4 nitrogen and oxygen atoms in total. The summed E-state index contributed by atoms with van der Waals surface area (Å²) < 4.78 is 0.